The topological polar surface area (TPSA) is 9.23 Å². The summed E-state index contributed by atoms with van der Waals surface area (Å²) in [5.41, 5.74) is 0. The van der Waals surface area contributed by atoms with Crippen molar-refractivity contribution >= 4 is 4.60 Å². The molecule has 1 aliphatic rings. The summed E-state index contributed by atoms with van der Waals surface area (Å²) in [5.74, 6) is 0. The van der Waals surface area contributed by atoms with Gasteiger partial charge in [-0.3, -0.25) is 0 Å². The number of ether oxygens (including phenoxy) is 1. The zero-order valence-corrected chi connectivity index (χ0v) is 4.59. The van der Waals surface area contributed by atoms with Crippen LogP contribution >= 0.6 is 0 Å². The molecule has 6 heavy (non-hydrogen) atoms. The van der Waals surface area contributed by atoms with Crippen molar-refractivity contribution in [1.29, 1.82) is 0 Å². The second-order valence-corrected chi connectivity index (χ2v) is 1.97. The van der Waals surface area contributed by atoms with Crippen molar-refractivity contribution < 1.29 is 20.3 Å². The van der Waals surface area contributed by atoms with Gasteiger partial charge in [-0.05, 0) is 0 Å². The van der Waals surface area contributed by atoms with Gasteiger partial charge in [0.15, 0.2) is 0 Å². The molecule has 1 saturated heterocycles. The monoisotopic (exact) mass is 125 g/mol. The second kappa shape index (κ2) is 1.87. The summed E-state index contributed by atoms with van der Waals surface area (Å²) in [6.07, 6.45) is 2.28. The van der Waals surface area contributed by atoms with E-state index in [1.807, 2.05) is 0 Å². The second-order valence-electron chi connectivity index (χ2n) is 1.31. The van der Waals surface area contributed by atoms with Crippen LogP contribution in [0.2, 0.25) is 0 Å². The molecule has 0 unspecified atom stereocenters. The minimum atomic E-state index is 0.903. The van der Waals surface area contributed by atoms with E-state index in [4.69, 9.17) is 4.74 Å². The minimum absolute atomic E-state index is 0.903. The van der Waals surface area contributed by atoms with Crippen LogP contribution in [0.25, 0.3) is 0 Å². The van der Waals surface area contributed by atoms with E-state index in [0.717, 1.165) is 17.6 Å². The Hall–Kier alpha value is 0.349. The van der Waals surface area contributed by atoms with Crippen LogP contribution in [0.3, 0.4) is 0 Å². The van der Waals surface area contributed by atoms with Gasteiger partial charge in [-0.25, -0.2) is 0 Å². The SMILES string of the molecule is [Mn]=[C]1CCCO1. The van der Waals surface area contributed by atoms with Gasteiger partial charge in [-0.1, -0.05) is 0 Å². The van der Waals surface area contributed by atoms with Crippen LogP contribution in [0.5, 0.6) is 0 Å². The van der Waals surface area contributed by atoms with Crippen LogP contribution in [0.15, 0.2) is 0 Å². The molecule has 0 amide bonds. The third kappa shape index (κ3) is 0.903. The molecular weight excluding hydrogens is 119 g/mol. The first-order valence-corrected chi connectivity index (χ1v) is 2.63. The zero-order chi connectivity index (χ0) is 4.41. The Labute approximate surface area is 45.0 Å². The summed E-state index contributed by atoms with van der Waals surface area (Å²) in [6, 6.07) is 0. The van der Waals surface area contributed by atoms with E-state index in [2.05, 4.69) is 15.6 Å². The molecule has 0 aliphatic carbocycles. The van der Waals surface area contributed by atoms with Crippen molar-refractivity contribution in [2.45, 2.75) is 12.8 Å². The molecular formula is C4H6MnO. The fraction of sp³-hybridized carbons (Fsp3) is 0.750. The van der Waals surface area contributed by atoms with E-state index in [-0.39, 0.29) is 0 Å². The molecule has 0 radical (unpaired) electrons. The normalized spacial score (nSPS) is 22.3. The molecule has 1 rings (SSSR count). The molecule has 0 aromatic rings. The van der Waals surface area contributed by atoms with E-state index in [0.29, 0.717) is 0 Å². The molecule has 0 bridgehead atoms. The fourth-order valence-electron chi connectivity index (χ4n) is 0.466. The van der Waals surface area contributed by atoms with Crippen molar-refractivity contribution in [3.8, 4) is 0 Å². The van der Waals surface area contributed by atoms with Crippen molar-refractivity contribution in [2.24, 2.45) is 0 Å². The molecule has 0 N–H and O–H groups in total. The van der Waals surface area contributed by atoms with Gasteiger partial charge in [-0.15, -0.1) is 0 Å². The van der Waals surface area contributed by atoms with Crippen molar-refractivity contribution in [3.05, 3.63) is 0 Å². The van der Waals surface area contributed by atoms with E-state index >= 15 is 0 Å². The van der Waals surface area contributed by atoms with Gasteiger partial charge < -0.3 is 0 Å². The summed E-state index contributed by atoms with van der Waals surface area (Å²) >= 11 is 3.23. The molecule has 0 aromatic heterocycles. The average Bonchev–Trinajstić information content (AvgIpc) is 1.86. The Kier molecular flexibility index (Phi) is 1.41. The molecule has 1 fully saturated rings. The summed E-state index contributed by atoms with van der Waals surface area (Å²) in [5, 5.41) is 0. The maximum atomic E-state index is 4.99. The van der Waals surface area contributed by atoms with E-state index in [1.165, 1.54) is 6.42 Å². The average molecular weight is 125 g/mol. The first-order valence-electron chi connectivity index (χ1n) is 2.04. The Morgan fingerprint density at radius 2 is 2.50 bits per heavy atom. The van der Waals surface area contributed by atoms with Gasteiger partial charge in [0, 0.05) is 0 Å². The quantitative estimate of drug-likeness (QED) is 0.427. The molecule has 0 atom stereocenters. The molecule has 35 valence electrons. The van der Waals surface area contributed by atoms with Crippen LogP contribution in [0.4, 0.5) is 0 Å². The Morgan fingerprint density at radius 1 is 1.67 bits per heavy atom. The van der Waals surface area contributed by atoms with Crippen LogP contribution in [0.1, 0.15) is 12.8 Å². The summed E-state index contributed by atoms with van der Waals surface area (Å²) in [7, 11) is 0. The molecule has 0 spiro atoms. The summed E-state index contributed by atoms with van der Waals surface area (Å²) in [4.78, 5) is 0. The summed E-state index contributed by atoms with van der Waals surface area (Å²) < 4.78 is 6.00. The van der Waals surface area contributed by atoms with Crippen LogP contribution in [-0.2, 0) is 20.3 Å². The zero-order valence-electron chi connectivity index (χ0n) is 3.41. The Morgan fingerprint density at radius 3 is 2.67 bits per heavy atom. The van der Waals surface area contributed by atoms with Crippen molar-refractivity contribution in [2.75, 3.05) is 6.61 Å². The van der Waals surface area contributed by atoms with Crippen LogP contribution in [-0.4, -0.2) is 11.2 Å². The number of hydrogen-bond acceptors (Lipinski definition) is 1. The summed E-state index contributed by atoms with van der Waals surface area (Å²) in [6.45, 7) is 0.903. The van der Waals surface area contributed by atoms with Crippen molar-refractivity contribution in [3.63, 3.8) is 0 Å². The number of hydrogen-bond donors (Lipinski definition) is 0. The van der Waals surface area contributed by atoms with Crippen LogP contribution < -0.4 is 0 Å². The van der Waals surface area contributed by atoms with Gasteiger partial charge in [0.2, 0.25) is 0 Å². The molecule has 1 nitrogen and oxygen atoms in total. The van der Waals surface area contributed by atoms with E-state index in [1.54, 1.807) is 0 Å². The molecule has 2 heteroatoms. The molecule has 1 heterocycles. The van der Waals surface area contributed by atoms with Gasteiger partial charge in [-0.2, -0.15) is 0 Å². The first-order chi connectivity index (χ1) is 2.89. The van der Waals surface area contributed by atoms with Gasteiger partial charge >= 0.3 is 44.4 Å². The van der Waals surface area contributed by atoms with E-state index in [9.17, 15) is 0 Å². The van der Waals surface area contributed by atoms with E-state index < -0.39 is 0 Å². The Bertz CT molecular complexity index is 61.9. The fourth-order valence-corrected chi connectivity index (χ4v) is 0.795. The molecule has 0 saturated carbocycles. The standard InChI is InChI=1S/C4H6O.Mn/c1-2-4-5-3-1;/h1-3H2;. The predicted octanol–water partition coefficient (Wildman–Crippen LogP) is 0.474. The predicted molar refractivity (Wildman–Crippen MR) is 20.2 cm³/mol. The van der Waals surface area contributed by atoms with Gasteiger partial charge in [0.25, 0.3) is 0 Å². The number of rotatable bonds is 0. The van der Waals surface area contributed by atoms with Crippen LogP contribution in [0, 0.1) is 0 Å². The Balaban J connectivity index is 2.37. The molecule has 1 aliphatic heterocycles. The third-order valence-corrected chi connectivity index (χ3v) is 1.24. The third-order valence-electron chi connectivity index (χ3n) is 0.776. The first kappa shape index (κ1) is 4.51. The van der Waals surface area contributed by atoms with Crippen molar-refractivity contribution in [1.82, 2.24) is 0 Å². The molecule has 0 aromatic carbocycles. The maximum absolute atomic E-state index is 4.99. The van der Waals surface area contributed by atoms with Gasteiger partial charge in [0.1, 0.15) is 0 Å². The van der Waals surface area contributed by atoms with Gasteiger partial charge in [0.05, 0.1) is 0 Å².